The molecule has 0 aliphatic carbocycles. The lowest BCUT2D eigenvalue weighted by Gasteiger charge is -2.09. The Hall–Kier alpha value is -1.41. The lowest BCUT2D eigenvalue weighted by atomic mass is 10.1. The van der Waals surface area contributed by atoms with E-state index in [1.54, 1.807) is 24.3 Å². The zero-order chi connectivity index (χ0) is 16.1. The van der Waals surface area contributed by atoms with Crippen LogP contribution in [-0.4, -0.2) is 23.5 Å². The maximum atomic E-state index is 12.0. The first-order valence-electron chi connectivity index (χ1n) is 6.53. The fraction of sp³-hybridized carbons (Fsp3) is 0.125. The summed E-state index contributed by atoms with van der Waals surface area (Å²) in [6, 6.07) is 12.3. The average molecular weight is 474 g/mol. The third-order valence-electron chi connectivity index (χ3n) is 3.10. The average Bonchev–Trinajstić information content (AvgIpc) is 2.49. The minimum absolute atomic E-state index is 0.142. The van der Waals surface area contributed by atoms with Gasteiger partial charge >= 0.3 is 5.97 Å². The second-order valence-corrected chi connectivity index (χ2v) is 6.59. The van der Waals surface area contributed by atoms with Crippen molar-refractivity contribution in [2.24, 2.45) is 0 Å². The van der Waals surface area contributed by atoms with Gasteiger partial charge in [0.15, 0.2) is 0 Å². The summed E-state index contributed by atoms with van der Waals surface area (Å²) < 4.78 is 1.63. The van der Waals surface area contributed by atoms with Crippen LogP contribution in [0.25, 0.3) is 0 Å². The van der Waals surface area contributed by atoms with Gasteiger partial charge in [0, 0.05) is 20.2 Å². The van der Waals surface area contributed by atoms with Crippen LogP contribution in [0.1, 0.15) is 26.3 Å². The quantitative estimate of drug-likeness (QED) is 0.650. The molecule has 0 saturated heterocycles. The van der Waals surface area contributed by atoms with Crippen molar-refractivity contribution >= 4 is 50.4 Å². The molecule has 0 saturated carbocycles. The minimum Gasteiger partial charge on any atom is -0.478 e. The Kier molecular flexibility index (Phi) is 5.96. The van der Waals surface area contributed by atoms with Crippen molar-refractivity contribution in [2.45, 2.75) is 6.42 Å². The van der Waals surface area contributed by atoms with Gasteiger partial charge in [0.2, 0.25) is 0 Å². The van der Waals surface area contributed by atoms with Crippen molar-refractivity contribution in [1.29, 1.82) is 0 Å². The van der Waals surface area contributed by atoms with Gasteiger partial charge in [0.25, 0.3) is 5.91 Å². The first kappa shape index (κ1) is 17.0. The fourth-order valence-electron chi connectivity index (χ4n) is 1.95. The highest BCUT2D eigenvalue weighted by Gasteiger charge is 2.11. The molecule has 0 heterocycles. The summed E-state index contributed by atoms with van der Waals surface area (Å²) in [6.07, 6.45) is 0.585. The zero-order valence-electron chi connectivity index (χ0n) is 11.5. The van der Waals surface area contributed by atoms with Crippen LogP contribution in [0.5, 0.6) is 0 Å². The molecule has 22 heavy (non-hydrogen) atoms. The van der Waals surface area contributed by atoms with Gasteiger partial charge in [-0.15, -0.1) is 0 Å². The van der Waals surface area contributed by atoms with E-state index in [1.165, 1.54) is 0 Å². The Bertz CT molecular complexity index is 701. The normalized spacial score (nSPS) is 10.3. The number of carbonyl (C=O) groups excluding carboxylic acids is 1. The van der Waals surface area contributed by atoms with E-state index < -0.39 is 5.97 Å². The molecule has 1 amide bonds. The Morgan fingerprint density at radius 3 is 2.45 bits per heavy atom. The molecule has 0 atom stereocenters. The van der Waals surface area contributed by atoms with Crippen LogP contribution in [0.4, 0.5) is 0 Å². The second-order valence-electron chi connectivity index (χ2n) is 4.60. The van der Waals surface area contributed by atoms with Crippen molar-refractivity contribution in [1.82, 2.24) is 5.32 Å². The van der Waals surface area contributed by atoms with E-state index in [9.17, 15) is 9.59 Å². The molecule has 0 aliphatic rings. The molecule has 0 spiro atoms. The standard InChI is InChI=1S/C16H13BrINO3/c17-12-6-4-11(5-7-12)15(20)19-9-8-10-2-1-3-13(14(10)18)16(21)22/h1-7H,8-9H2,(H,19,20)(H,21,22). The highest BCUT2D eigenvalue weighted by molar-refractivity contribution is 14.1. The largest absolute Gasteiger partial charge is 0.478 e. The Morgan fingerprint density at radius 1 is 1.14 bits per heavy atom. The van der Waals surface area contributed by atoms with E-state index in [0.29, 0.717) is 22.1 Å². The van der Waals surface area contributed by atoms with Crippen LogP contribution in [0.3, 0.4) is 0 Å². The smallest absolute Gasteiger partial charge is 0.336 e. The third-order valence-corrected chi connectivity index (χ3v) is 4.90. The zero-order valence-corrected chi connectivity index (χ0v) is 15.2. The van der Waals surface area contributed by atoms with Crippen molar-refractivity contribution < 1.29 is 14.7 Å². The molecule has 0 unspecified atom stereocenters. The predicted octanol–water partition coefficient (Wildman–Crippen LogP) is 3.72. The monoisotopic (exact) mass is 473 g/mol. The number of carbonyl (C=O) groups is 2. The molecule has 114 valence electrons. The Labute approximate surface area is 150 Å². The molecule has 6 heteroatoms. The van der Waals surface area contributed by atoms with Gasteiger partial charge in [-0.2, -0.15) is 0 Å². The van der Waals surface area contributed by atoms with Gasteiger partial charge in [-0.3, -0.25) is 4.79 Å². The SMILES string of the molecule is O=C(NCCc1cccc(C(=O)O)c1I)c1ccc(Br)cc1. The third kappa shape index (κ3) is 4.30. The summed E-state index contributed by atoms with van der Waals surface area (Å²) in [6.45, 7) is 0.452. The fourth-order valence-corrected chi connectivity index (χ4v) is 3.08. The maximum absolute atomic E-state index is 12.0. The number of nitrogens with one attached hydrogen (secondary N) is 1. The molecule has 0 aliphatic heterocycles. The van der Waals surface area contributed by atoms with Crippen molar-refractivity contribution in [3.63, 3.8) is 0 Å². The molecule has 0 radical (unpaired) electrons. The van der Waals surface area contributed by atoms with Crippen LogP contribution in [0.15, 0.2) is 46.9 Å². The van der Waals surface area contributed by atoms with E-state index in [0.717, 1.165) is 10.0 Å². The van der Waals surface area contributed by atoms with Crippen LogP contribution < -0.4 is 5.32 Å². The number of hydrogen-bond acceptors (Lipinski definition) is 2. The summed E-state index contributed by atoms with van der Waals surface area (Å²) in [5, 5.41) is 11.9. The molecule has 2 rings (SSSR count). The number of carboxylic acids is 1. The van der Waals surface area contributed by atoms with Gasteiger partial charge in [-0.05, 0) is 64.9 Å². The maximum Gasteiger partial charge on any atom is 0.336 e. The number of benzene rings is 2. The molecule has 0 aromatic heterocycles. The summed E-state index contributed by atoms with van der Waals surface area (Å²) in [7, 11) is 0. The molecule has 2 N–H and O–H groups in total. The van der Waals surface area contributed by atoms with Gasteiger partial charge in [0.05, 0.1) is 5.56 Å². The van der Waals surface area contributed by atoms with Crippen LogP contribution in [-0.2, 0) is 6.42 Å². The summed E-state index contributed by atoms with van der Waals surface area (Å²) in [5.41, 5.74) is 1.80. The number of halogens is 2. The highest BCUT2D eigenvalue weighted by atomic mass is 127. The summed E-state index contributed by atoms with van der Waals surface area (Å²) >= 11 is 5.35. The van der Waals surface area contributed by atoms with Gasteiger partial charge in [0.1, 0.15) is 0 Å². The summed E-state index contributed by atoms with van der Waals surface area (Å²) in [5.74, 6) is -1.08. The molecule has 4 nitrogen and oxygen atoms in total. The number of carboxylic acid groups (broad SMARTS) is 1. The number of amides is 1. The van der Waals surface area contributed by atoms with Crippen molar-refractivity contribution in [3.05, 3.63) is 67.2 Å². The lowest BCUT2D eigenvalue weighted by molar-refractivity contribution is 0.0695. The molecule has 0 fully saturated rings. The lowest BCUT2D eigenvalue weighted by Crippen LogP contribution is -2.25. The molecule has 2 aromatic carbocycles. The first-order valence-corrected chi connectivity index (χ1v) is 8.40. The van der Waals surface area contributed by atoms with Gasteiger partial charge < -0.3 is 10.4 Å². The van der Waals surface area contributed by atoms with E-state index in [-0.39, 0.29) is 11.5 Å². The molecular formula is C16H13BrINO3. The van der Waals surface area contributed by atoms with Crippen LogP contribution in [0, 0.1) is 3.57 Å². The number of aromatic carboxylic acids is 1. The van der Waals surface area contributed by atoms with Crippen molar-refractivity contribution in [3.8, 4) is 0 Å². The Morgan fingerprint density at radius 2 is 1.82 bits per heavy atom. The molecule has 0 bridgehead atoms. The van der Waals surface area contributed by atoms with Gasteiger partial charge in [-0.1, -0.05) is 28.1 Å². The predicted molar refractivity (Wildman–Crippen MR) is 96.3 cm³/mol. The molecular weight excluding hydrogens is 461 g/mol. The Balaban J connectivity index is 1.97. The molecule has 2 aromatic rings. The minimum atomic E-state index is -0.940. The van der Waals surface area contributed by atoms with Crippen LogP contribution >= 0.6 is 38.5 Å². The van der Waals surface area contributed by atoms with Crippen molar-refractivity contribution in [2.75, 3.05) is 6.54 Å². The summed E-state index contributed by atoms with van der Waals surface area (Å²) in [4.78, 5) is 23.1. The second kappa shape index (κ2) is 7.73. The van der Waals surface area contributed by atoms with E-state index >= 15 is 0 Å². The van der Waals surface area contributed by atoms with E-state index in [2.05, 4.69) is 21.2 Å². The van der Waals surface area contributed by atoms with E-state index in [1.807, 2.05) is 40.8 Å². The van der Waals surface area contributed by atoms with Gasteiger partial charge in [-0.25, -0.2) is 4.79 Å². The van der Waals surface area contributed by atoms with Crippen LogP contribution in [0.2, 0.25) is 0 Å². The highest BCUT2D eigenvalue weighted by Crippen LogP contribution is 2.18. The first-order chi connectivity index (χ1) is 10.5. The number of hydrogen-bond donors (Lipinski definition) is 2. The van der Waals surface area contributed by atoms with E-state index in [4.69, 9.17) is 5.11 Å². The number of rotatable bonds is 5. The topological polar surface area (TPSA) is 66.4 Å².